The van der Waals surface area contributed by atoms with Gasteiger partial charge in [0.1, 0.15) is 5.75 Å². The van der Waals surface area contributed by atoms with E-state index in [4.69, 9.17) is 4.74 Å². The van der Waals surface area contributed by atoms with Crippen LogP contribution in [0.2, 0.25) is 0 Å². The van der Waals surface area contributed by atoms with E-state index in [1.54, 1.807) is 32.0 Å². The van der Waals surface area contributed by atoms with Crippen molar-refractivity contribution in [2.75, 3.05) is 33.3 Å². The van der Waals surface area contributed by atoms with Crippen LogP contribution < -0.4 is 14.8 Å². The number of methoxy groups -OCH3 is 1. The number of ether oxygens (including phenoxy) is 1. The van der Waals surface area contributed by atoms with Crippen LogP contribution in [0.15, 0.2) is 52.3 Å². The molecule has 0 radical (unpaired) electrons. The van der Waals surface area contributed by atoms with E-state index in [-0.39, 0.29) is 36.0 Å². The summed E-state index contributed by atoms with van der Waals surface area (Å²) in [5.74, 6) is 0.0352. The van der Waals surface area contributed by atoms with Crippen LogP contribution in [0.25, 0.3) is 0 Å². The first-order chi connectivity index (χ1) is 15.0. The molecule has 2 rings (SSSR count). The van der Waals surface area contributed by atoms with Gasteiger partial charge in [-0.1, -0.05) is 24.6 Å². The van der Waals surface area contributed by atoms with Crippen LogP contribution in [-0.2, 0) is 24.8 Å². The third-order valence-electron chi connectivity index (χ3n) is 4.75. The first-order valence-electron chi connectivity index (χ1n) is 9.99. The standard InChI is InChI=1S/C21H29N3O6S2/c1-5-24(32(28,29)19-10-11-20(30-4)17(3)14-19)15-21(25)22-12-13-23-31(26,27)18-8-6-16(2)7-9-18/h6-11,14,23H,5,12-13,15H2,1-4H3,(H,22,25). The van der Waals surface area contributed by atoms with Gasteiger partial charge in [-0.2, -0.15) is 4.31 Å². The van der Waals surface area contributed by atoms with E-state index in [1.807, 2.05) is 6.92 Å². The van der Waals surface area contributed by atoms with E-state index < -0.39 is 26.0 Å². The molecule has 0 aliphatic rings. The normalized spacial score (nSPS) is 12.0. The van der Waals surface area contributed by atoms with E-state index in [1.165, 1.54) is 31.4 Å². The highest BCUT2D eigenvalue weighted by molar-refractivity contribution is 7.89. The number of rotatable bonds is 11. The third kappa shape index (κ3) is 6.52. The van der Waals surface area contributed by atoms with Crippen LogP contribution >= 0.6 is 0 Å². The number of nitrogens with one attached hydrogen (secondary N) is 2. The smallest absolute Gasteiger partial charge is 0.243 e. The van der Waals surface area contributed by atoms with Crippen LogP contribution in [0.1, 0.15) is 18.1 Å². The van der Waals surface area contributed by atoms with Gasteiger partial charge in [0.05, 0.1) is 23.4 Å². The van der Waals surface area contributed by atoms with Gasteiger partial charge in [-0.15, -0.1) is 0 Å². The lowest BCUT2D eigenvalue weighted by Gasteiger charge is -2.20. The van der Waals surface area contributed by atoms with Crippen molar-refractivity contribution in [1.29, 1.82) is 0 Å². The Kier molecular flexibility index (Phi) is 8.79. The molecule has 9 nitrogen and oxygen atoms in total. The Bertz CT molecular complexity index is 1150. The summed E-state index contributed by atoms with van der Waals surface area (Å²) in [7, 11) is -6.07. The van der Waals surface area contributed by atoms with Crippen LogP contribution in [0.5, 0.6) is 5.75 Å². The number of hydrogen-bond acceptors (Lipinski definition) is 6. The van der Waals surface area contributed by atoms with Crippen molar-refractivity contribution >= 4 is 26.0 Å². The quantitative estimate of drug-likeness (QED) is 0.466. The van der Waals surface area contributed by atoms with Gasteiger partial charge in [0.15, 0.2) is 0 Å². The Morgan fingerprint density at radius 2 is 1.59 bits per heavy atom. The summed E-state index contributed by atoms with van der Waals surface area (Å²) in [5, 5.41) is 2.54. The molecule has 0 aliphatic heterocycles. The molecular formula is C21H29N3O6S2. The highest BCUT2D eigenvalue weighted by atomic mass is 32.2. The molecule has 0 atom stereocenters. The Balaban J connectivity index is 1.93. The summed E-state index contributed by atoms with van der Waals surface area (Å²) in [4.78, 5) is 12.5. The fourth-order valence-electron chi connectivity index (χ4n) is 2.93. The van der Waals surface area contributed by atoms with Crippen molar-refractivity contribution in [3.8, 4) is 5.75 Å². The van der Waals surface area contributed by atoms with E-state index in [0.29, 0.717) is 11.3 Å². The van der Waals surface area contributed by atoms with Gasteiger partial charge in [0, 0.05) is 19.6 Å². The molecule has 2 aromatic carbocycles. The van der Waals surface area contributed by atoms with Crippen LogP contribution in [0, 0.1) is 13.8 Å². The van der Waals surface area contributed by atoms with E-state index in [9.17, 15) is 21.6 Å². The number of carbonyl (C=O) groups is 1. The summed E-state index contributed by atoms with van der Waals surface area (Å²) < 4.78 is 58.9. The average molecular weight is 484 g/mol. The van der Waals surface area contributed by atoms with Crippen molar-refractivity contribution in [1.82, 2.24) is 14.3 Å². The van der Waals surface area contributed by atoms with E-state index in [2.05, 4.69) is 10.0 Å². The molecule has 11 heteroatoms. The molecule has 0 heterocycles. The van der Waals surface area contributed by atoms with Gasteiger partial charge in [-0.05, 0) is 49.7 Å². The highest BCUT2D eigenvalue weighted by Gasteiger charge is 2.26. The van der Waals surface area contributed by atoms with Crippen molar-refractivity contribution in [2.45, 2.75) is 30.6 Å². The second-order valence-electron chi connectivity index (χ2n) is 7.12. The molecule has 2 N–H and O–H groups in total. The zero-order valence-corrected chi connectivity index (χ0v) is 20.2. The average Bonchev–Trinajstić information content (AvgIpc) is 2.75. The molecule has 0 spiro atoms. The number of sulfonamides is 2. The fourth-order valence-corrected chi connectivity index (χ4v) is 5.45. The zero-order chi connectivity index (χ0) is 23.9. The third-order valence-corrected chi connectivity index (χ3v) is 8.14. The summed E-state index contributed by atoms with van der Waals surface area (Å²) in [6.45, 7) is 4.93. The zero-order valence-electron chi connectivity index (χ0n) is 18.6. The number of nitrogens with zero attached hydrogens (tertiary/aromatic N) is 1. The lowest BCUT2D eigenvalue weighted by molar-refractivity contribution is -0.121. The maximum atomic E-state index is 12.9. The predicted octanol–water partition coefficient (Wildman–Crippen LogP) is 1.42. The molecule has 0 aliphatic carbocycles. The molecule has 0 aromatic heterocycles. The topological polar surface area (TPSA) is 122 Å². The molecule has 0 saturated carbocycles. The molecule has 0 bridgehead atoms. The first kappa shape index (κ1) is 25.8. The number of hydrogen-bond donors (Lipinski definition) is 2. The number of benzene rings is 2. The Morgan fingerprint density at radius 3 is 2.16 bits per heavy atom. The van der Waals surface area contributed by atoms with Crippen molar-refractivity contribution in [2.24, 2.45) is 0 Å². The number of aryl methyl sites for hydroxylation is 2. The van der Waals surface area contributed by atoms with E-state index >= 15 is 0 Å². The van der Waals surface area contributed by atoms with Gasteiger partial charge in [0.2, 0.25) is 26.0 Å². The molecule has 0 saturated heterocycles. The molecule has 32 heavy (non-hydrogen) atoms. The van der Waals surface area contributed by atoms with Crippen LogP contribution in [-0.4, -0.2) is 60.3 Å². The van der Waals surface area contributed by atoms with Gasteiger partial charge in [0.25, 0.3) is 0 Å². The minimum atomic E-state index is -3.88. The number of carbonyl (C=O) groups excluding carboxylic acids is 1. The number of amides is 1. The summed E-state index contributed by atoms with van der Waals surface area (Å²) in [5.41, 5.74) is 1.60. The predicted molar refractivity (Wildman–Crippen MR) is 122 cm³/mol. The summed E-state index contributed by atoms with van der Waals surface area (Å²) in [6, 6.07) is 10.9. The monoisotopic (exact) mass is 483 g/mol. The second-order valence-corrected chi connectivity index (χ2v) is 10.8. The Labute approximate surface area is 189 Å². The lowest BCUT2D eigenvalue weighted by atomic mass is 10.2. The van der Waals surface area contributed by atoms with Crippen LogP contribution in [0.4, 0.5) is 0 Å². The van der Waals surface area contributed by atoms with Gasteiger partial charge < -0.3 is 10.1 Å². The largest absolute Gasteiger partial charge is 0.496 e. The molecule has 0 unspecified atom stereocenters. The molecule has 0 fully saturated rings. The number of likely N-dealkylation sites (N-methyl/N-ethyl adjacent to an activating group) is 1. The van der Waals surface area contributed by atoms with Gasteiger partial charge in [-0.3, -0.25) is 4.79 Å². The van der Waals surface area contributed by atoms with E-state index in [0.717, 1.165) is 9.87 Å². The summed E-state index contributed by atoms with van der Waals surface area (Å²) in [6.07, 6.45) is 0. The summed E-state index contributed by atoms with van der Waals surface area (Å²) >= 11 is 0. The first-order valence-corrected chi connectivity index (χ1v) is 12.9. The maximum absolute atomic E-state index is 12.9. The van der Waals surface area contributed by atoms with Gasteiger partial charge in [-0.25, -0.2) is 21.6 Å². The minimum Gasteiger partial charge on any atom is -0.496 e. The molecule has 2 aromatic rings. The lowest BCUT2D eigenvalue weighted by Crippen LogP contribution is -2.42. The molecule has 176 valence electrons. The van der Waals surface area contributed by atoms with Crippen molar-refractivity contribution in [3.63, 3.8) is 0 Å². The molecule has 1 amide bonds. The highest BCUT2D eigenvalue weighted by Crippen LogP contribution is 2.23. The minimum absolute atomic E-state index is 0.0170. The van der Waals surface area contributed by atoms with Crippen LogP contribution in [0.3, 0.4) is 0 Å². The SMILES string of the molecule is CCN(CC(=O)NCCNS(=O)(=O)c1ccc(C)cc1)S(=O)(=O)c1ccc(OC)c(C)c1. The second kappa shape index (κ2) is 10.9. The maximum Gasteiger partial charge on any atom is 0.243 e. The van der Waals surface area contributed by atoms with Gasteiger partial charge >= 0.3 is 0 Å². The van der Waals surface area contributed by atoms with Crippen molar-refractivity contribution in [3.05, 3.63) is 53.6 Å². The van der Waals surface area contributed by atoms with Crippen molar-refractivity contribution < 1.29 is 26.4 Å². The fraction of sp³-hybridized carbons (Fsp3) is 0.381. The molecular weight excluding hydrogens is 454 g/mol. The Hall–Kier alpha value is -2.47. The Morgan fingerprint density at radius 1 is 0.969 bits per heavy atom.